The maximum atomic E-state index is 12.2. The Balaban J connectivity index is 2.15. The third-order valence-corrected chi connectivity index (χ3v) is 4.79. The van der Waals surface area contributed by atoms with Gasteiger partial charge in [0.05, 0.1) is 11.9 Å². The lowest BCUT2D eigenvalue weighted by Crippen LogP contribution is -2.14. The Morgan fingerprint density at radius 1 is 1.28 bits per heavy atom. The van der Waals surface area contributed by atoms with Crippen molar-refractivity contribution in [2.75, 3.05) is 0 Å². The van der Waals surface area contributed by atoms with Crippen molar-refractivity contribution < 1.29 is 4.79 Å². The summed E-state index contributed by atoms with van der Waals surface area (Å²) in [5.41, 5.74) is 12.8. The number of benzene rings is 1. The number of nitrogens with one attached hydrogen (secondary N) is 1. The van der Waals surface area contributed by atoms with Crippen molar-refractivity contribution in [3.63, 3.8) is 0 Å². The number of aromatic nitrogens is 3. The van der Waals surface area contributed by atoms with Crippen molar-refractivity contribution in [1.82, 2.24) is 14.5 Å². The molecule has 1 aromatic carbocycles. The van der Waals surface area contributed by atoms with Crippen LogP contribution in [-0.2, 0) is 19.4 Å². The molecule has 5 heteroatoms. The van der Waals surface area contributed by atoms with Crippen LogP contribution in [0.4, 0.5) is 0 Å². The molecule has 25 heavy (non-hydrogen) atoms. The van der Waals surface area contributed by atoms with Crippen molar-refractivity contribution in [3.8, 4) is 11.1 Å². The van der Waals surface area contributed by atoms with Gasteiger partial charge in [-0.2, -0.15) is 0 Å². The highest BCUT2D eigenvalue weighted by molar-refractivity contribution is 6.02. The molecular weight excluding hydrogens is 312 g/mol. The molecule has 2 heterocycles. The normalized spacial score (nSPS) is 11.0. The summed E-state index contributed by atoms with van der Waals surface area (Å²) in [4.78, 5) is 19.4. The standard InChI is InChI=1S/C20H24N4O/c1-4-17-19(16-8-6-5-7-13(16)2)18(20(21)25)14(3)24(17)10-9-15-11-22-12-23-15/h5-8,11-12H,4,9-10H2,1-3H3,(H2,21,25)(H,22,23). The molecule has 1 amide bonds. The maximum Gasteiger partial charge on any atom is 0.251 e. The minimum absolute atomic E-state index is 0.370. The Labute approximate surface area is 147 Å². The van der Waals surface area contributed by atoms with Gasteiger partial charge in [-0.05, 0) is 31.4 Å². The molecule has 0 aliphatic carbocycles. The van der Waals surface area contributed by atoms with Gasteiger partial charge in [0.25, 0.3) is 5.91 Å². The van der Waals surface area contributed by atoms with E-state index in [1.165, 1.54) is 0 Å². The molecule has 0 fully saturated rings. The van der Waals surface area contributed by atoms with Crippen LogP contribution in [0, 0.1) is 13.8 Å². The van der Waals surface area contributed by atoms with E-state index < -0.39 is 0 Å². The minimum Gasteiger partial charge on any atom is -0.366 e. The van der Waals surface area contributed by atoms with Crippen molar-refractivity contribution >= 4 is 5.91 Å². The average molecular weight is 336 g/mol. The molecule has 0 aliphatic heterocycles. The average Bonchev–Trinajstić information content (AvgIpc) is 3.19. The van der Waals surface area contributed by atoms with Crippen LogP contribution in [0.15, 0.2) is 36.8 Å². The van der Waals surface area contributed by atoms with Crippen LogP contribution in [-0.4, -0.2) is 20.4 Å². The zero-order valence-electron chi connectivity index (χ0n) is 15.0. The number of nitrogens with zero attached hydrogens (tertiary/aromatic N) is 2. The third-order valence-electron chi connectivity index (χ3n) is 4.79. The Kier molecular flexibility index (Phi) is 4.74. The first-order chi connectivity index (χ1) is 12.0. The summed E-state index contributed by atoms with van der Waals surface area (Å²) in [7, 11) is 0. The number of imidazole rings is 1. The number of H-pyrrole nitrogens is 1. The van der Waals surface area contributed by atoms with E-state index in [-0.39, 0.29) is 5.91 Å². The summed E-state index contributed by atoms with van der Waals surface area (Å²) in [6.45, 7) is 6.95. The fourth-order valence-corrected chi connectivity index (χ4v) is 3.57. The van der Waals surface area contributed by atoms with Gasteiger partial charge in [-0.25, -0.2) is 4.98 Å². The van der Waals surface area contributed by atoms with Gasteiger partial charge >= 0.3 is 0 Å². The number of hydrogen-bond acceptors (Lipinski definition) is 2. The van der Waals surface area contributed by atoms with Gasteiger partial charge in [0.1, 0.15) is 0 Å². The van der Waals surface area contributed by atoms with Crippen LogP contribution >= 0.6 is 0 Å². The van der Waals surface area contributed by atoms with E-state index in [9.17, 15) is 4.79 Å². The van der Waals surface area contributed by atoms with Gasteiger partial charge in [-0.1, -0.05) is 31.2 Å². The van der Waals surface area contributed by atoms with E-state index in [1.807, 2.05) is 25.3 Å². The summed E-state index contributed by atoms with van der Waals surface area (Å²) in [5.74, 6) is -0.370. The maximum absolute atomic E-state index is 12.2. The number of carbonyl (C=O) groups excluding carboxylic acids is 1. The topological polar surface area (TPSA) is 76.7 Å². The molecule has 0 spiro atoms. The largest absolute Gasteiger partial charge is 0.366 e. The predicted octanol–water partition coefficient (Wildman–Crippen LogP) is 3.40. The van der Waals surface area contributed by atoms with E-state index in [4.69, 9.17) is 5.73 Å². The van der Waals surface area contributed by atoms with Gasteiger partial charge < -0.3 is 15.3 Å². The minimum atomic E-state index is -0.370. The van der Waals surface area contributed by atoms with Crippen LogP contribution in [0.25, 0.3) is 11.1 Å². The number of rotatable bonds is 6. The third kappa shape index (κ3) is 3.09. The first kappa shape index (κ1) is 17.0. The fraction of sp³-hybridized carbons (Fsp3) is 0.300. The van der Waals surface area contributed by atoms with Crippen molar-refractivity contribution in [1.29, 1.82) is 0 Å². The number of aromatic amines is 1. The number of hydrogen-bond donors (Lipinski definition) is 2. The molecule has 130 valence electrons. The van der Waals surface area contributed by atoms with Crippen molar-refractivity contribution in [2.45, 2.75) is 40.2 Å². The Hall–Kier alpha value is -2.82. The Morgan fingerprint density at radius 3 is 2.64 bits per heavy atom. The predicted molar refractivity (Wildman–Crippen MR) is 99.5 cm³/mol. The van der Waals surface area contributed by atoms with Crippen LogP contribution in [0.1, 0.15) is 39.9 Å². The number of nitrogens with two attached hydrogens (primary N) is 1. The number of amides is 1. The molecule has 0 unspecified atom stereocenters. The first-order valence-corrected chi connectivity index (χ1v) is 8.59. The second kappa shape index (κ2) is 6.97. The first-order valence-electron chi connectivity index (χ1n) is 8.59. The highest BCUT2D eigenvalue weighted by Gasteiger charge is 2.24. The summed E-state index contributed by atoms with van der Waals surface area (Å²) < 4.78 is 2.22. The van der Waals surface area contributed by atoms with Crippen molar-refractivity contribution in [3.05, 3.63) is 65.0 Å². The lowest BCUT2D eigenvalue weighted by atomic mass is 9.95. The zero-order valence-corrected chi connectivity index (χ0v) is 15.0. The van der Waals surface area contributed by atoms with Gasteiger partial charge in [0.2, 0.25) is 0 Å². The lowest BCUT2D eigenvalue weighted by Gasteiger charge is -2.12. The monoisotopic (exact) mass is 336 g/mol. The van der Waals surface area contributed by atoms with Crippen LogP contribution in [0.2, 0.25) is 0 Å². The molecule has 0 saturated heterocycles. The highest BCUT2D eigenvalue weighted by Crippen LogP contribution is 2.35. The second-order valence-corrected chi connectivity index (χ2v) is 6.29. The van der Waals surface area contributed by atoms with Gasteiger partial charge in [0.15, 0.2) is 0 Å². The molecule has 3 N–H and O–H groups in total. The van der Waals surface area contributed by atoms with Crippen LogP contribution < -0.4 is 5.73 Å². The summed E-state index contributed by atoms with van der Waals surface area (Å²) in [5, 5.41) is 0. The van der Waals surface area contributed by atoms with Gasteiger partial charge in [0, 0.05) is 41.8 Å². The summed E-state index contributed by atoms with van der Waals surface area (Å²) in [6.07, 6.45) is 5.18. The molecular formula is C20H24N4O. The molecule has 0 saturated carbocycles. The summed E-state index contributed by atoms with van der Waals surface area (Å²) in [6, 6.07) is 8.14. The second-order valence-electron chi connectivity index (χ2n) is 6.29. The van der Waals surface area contributed by atoms with Crippen LogP contribution in [0.3, 0.4) is 0 Å². The zero-order chi connectivity index (χ0) is 18.0. The van der Waals surface area contributed by atoms with E-state index in [0.717, 1.165) is 53.2 Å². The Morgan fingerprint density at radius 2 is 2.04 bits per heavy atom. The van der Waals surface area contributed by atoms with Crippen molar-refractivity contribution in [2.24, 2.45) is 5.73 Å². The molecule has 0 aliphatic rings. The van der Waals surface area contributed by atoms with E-state index in [2.05, 4.69) is 40.5 Å². The van der Waals surface area contributed by atoms with Gasteiger partial charge in [-0.3, -0.25) is 4.79 Å². The van der Waals surface area contributed by atoms with E-state index >= 15 is 0 Å². The van der Waals surface area contributed by atoms with Gasteiger partial charge in [-0.15, -0.1) is 0 Å². The molecule has 2 aromatic heterocycles. The number of aryl methyl sites for hydroxylation is 2. The number of primary amides is 1. The fourth-order valence-electron chi connectivity index (χ4n) is 3.57. The molecule has 3 rings (SSSR count). The summed E-state index contributed by atoms with van der Waals surface area (Å²) >= 11 is 0. The highest BCUT2D eigenvalue weighted by atomic mass is 16.1. The quantitative estimate of drug-likeness (QED) is 0.724. The van der Waals surface area contributed by atoms with Crippen LogP contribution in [0.5, 0.6) is 0 Å². The van der Waals surface area contributed by atoms with E-state index in [1.54, 1.807) is 6.33 Å². The molecule has 5 nitrogen and oxygen atoms in total. The Bertz CT molecular complexity index is 891. The molecule has 0 bridgehead atoms. The molecule has 3 aromatic rings. The molecule has 0 atom stereocenters. The number of carbonyl (C=O) groups is 1. The smallest absolute Gasteiger partial charge is 0.251 e. The molecule has 0 radical (unpaired) electrons. The SMILES string of the molecule is CCc1c(-c2ccccc2C)c(C(N)=O)c(C)n1CCc1cnc[nH]1. The van der Waals surface area contributed by atoms with E-state index in [0.29, 0.717) is 5.56 Å². The lowest BCUT2D eigenvalue weighted by molar-refractivity contribution is 0.1000.